The summed E-state index contributed by atoms with van der Waals surface area (Å²) in [6.07, 6.45) is 5.62. The summed E-state index contributed by atoms with van der Waals surface area (Å²) in [5, 5.41) is 3.37. The molecule has 1 heterocycles. The zero-order valence-electron chi connectivity index (χ0n) is 9.91. The van der Waals surface area contributed by atoms with Gasteiger partial charge in [0.2, 0.25) is 5.88 Å². The molecule has 1 fully saturated rings. The average Bonchev–Trinajstić information content (AvgIpc) is 3.11. The fourth-order valence-corrected chi connectivity index (χ4v) is 1.54. The summed E-state index contributed by atoms with van der Waals surface area (Å²) in [5.74, 6) is 1.55. The van der Waals surface area contributed by atoms with Gasteiger partial charge in [-0.25, -0.2) is 4.98 Å². The van der Waals surface area contributed by atoms with E-state index in [-0.39, 0.29) is 0 Å². The predicted octanol–water partition coefficient (Wildman–Crippen LogP) is 2.37. The third-order valence-electron chi connectivity index (χ3n) is 2.72. The monoisotopic (exact) mass is 220 g/mol. The first-order valence-corrected chi connectivity index (χ1v) is 6.17. The van der Waals surface area contributed by atoms with Crippen molar-refractivity contribution in [1.82, 2.24) is 10.3 Å². The van der Waals surface area contributed by atoms with Crippen LogP contribution in [0.15, 0.2) is 18.3 Å². The van der Waals surface area contributed by atoms with Crippen LogP contribution < -0.4 is 10.1 Å². The number of aromatic nitrogens is 1. The van der Waals surface area contributed by atoms with Gasteiger partial charge in [0.25, 0.3) is 0 Å². The lowest BCUT2D eigenvalue weighted by Crippen LogP contribution is -2.14. The maximum atomic E-state index is 5.64. The summed E-state index contributed by atoms with van der Waals surface area (Å²) in [7, 11) is 0. The summed E-state index contributed by atoms with van der Waals surface area (Å²) in [5.41, 5.74) is 1.24. The highest BCUT2D eigenvalue weighted by Gasteiger charge is 2.22. The van der Waals surface area contributed by atoms with Gasteiger partial charge in [0.1, 0.15) is 0 Å². The zero-order valence-corrected chi connectivity index (χ0v) is 9.91. The topological polar surface area (TPSA) is 34.2 Å². The molecule has 1 aliphatic carbocycles. The first-order valence-electron chi connectivity index (χ1n) is 6.17. The van der Waals surface area contributed by atoms with Crippen molar-refractivity contribution in [2.75, 3.05) is 13.2 Å². The van der Waals surface area contributed by atoms with Crippen molar-refractivity contribution in [1.29, 1.82) is 0 Å². The summed E-state index contributed by atoms with van der Waals surface area (Å²) >= 11 is 0. The van der Waals surface area contributed by atoms with Gasteiger partial charge in [0.15, 0.2) is 0 Å². The molecule has 0 radical (unpaired) electrons. The number of hydrogen-bond acceptors (Lipinski definition) is 3. The van der Waals surface area contributed by atoms with Gasteiger partial charge in [-0.1, -0.05) is 6.92 Å². The van der Waals surface area contributed by atoms with Crippen molar-refractivity contribution >= 4 is 0 Å². The molecule has 3 heteroatoms. The van der Waals surface area contributed by atoms with Crippen LogP contribution in [-0.2, 0) is 6.54 Å². The van der Waals surface area contributed by atoms with Gasteiger partial charge in [0, 0.05) is 18.8 Å². The highest BCUT2D eigenvalue weighted by molar-refractivity contribution is 5.20. The van der Waals surface area contributed by atoms with E-state index in [9.17, 15) is 0 Å². The lowest BCUT2D eigenvalue weighted by molar-refractivity contribution is 0.288. The van der Waals surface area contributed by atoms with E-state index >= 15 is 0 Å². The zero-order chi connectivity index (χ0) is 11.2. The molecule has 1 saturated carbocycles. The second kappa shape index (κ2) is 5.85. The van der Waals surface area contributed by atoms with Crippen LogP contribution in [0.1, 0.15) is 31.7 Å². The molecular weight excluding hydrogens is 200 g/mol. The molecule has 0 unspecified atom stereocenters. The van der Waals surface area contributed by atoms with Gasteiger partial charge in [-0.3, -0.25) is 0 Å². The van der Waals surface area contributed by atoms with Gasteiger partial charge in [-0.2, -0.15) is 0 Å². The fraction of sp³-hybridized carbons (Fsp3) is 0.615. The lowest BCUT2D eigenvalue weighted by Gasteiger charge is -2.07. The van der Waals surface area contributed by atoms with Crippen LogP contribution in [0.25, 0.3) is 0 Å². The SMILES string of the molecule is CCCNCc1ccnc(OCC2CC2)c1. The molecule has 0 amide bonds. The fourth-order valence-electron chi connectivity index (χ4n) is 1.54. The van der Waals surface area contributed by atoms with E-state index in [4.69, 9.17) is 4.74 Å². The molecule has 3 nitrogen and oxygen atoms in total. The smallest absolute Gasteiger partial charge is 0.213 e. The van der Waals surface area contributed by atoms with Gasteiger partial charge in [0.05, 0.1) is 6.61 Å². The maximum absolute atomic E-state index is 5.64. The van der Waals surface area contributed by atoms with Crippen molar-refractivity contribution < 1.29 is 4.74 Å². The summed E-state index contributed by atoms with van der Waals surface area (Å²) in [6, 6.07) is 4.07. The van der Waals surface area contributed by atoms with Crippen LogP contribution in [0.3, 0.4) is 0 Å². The van der Waals surface area contributed by atoms with Gasteiger partial charge in [-0.15, -0.1) is 0 Å². The van der Waals surface area contributed by atoms with Crippen LogP contribution >= 0.6 is 0 Å². The molecule has 0 atom stereocenters. The van der Waals surface area contributed by atoms with E-state index in [0.29, 0.717) is 0 Å². The molecule has 1 N–H and O–H groups in total. The van der Waals surface area contributed by atoms with Crippen molar-refractivity contribution in [2.45, 2.75) is 32.7 Å². The molecule has 0 spiro atoms. The number of hydrogen-bond donors (Lipinski definition) is 1. The van der Waals surface area contributed by atoms with E-state index in [0.717, 1.165) is 37.9 Å². The Morgan fingerprint density at radius 2 is 2.38 bits per heavy atom. The van der Waals surface area contributed by atoms with Crippen molar-refractivity contribution in [2.24, 2.45) is 5.92 Å². The number of nitrogens with one attached hydrogen (secondary N) is 1. The molecule has 1 aromatic heterocycles. The summed E-state index contributed by atoms with van der Waals surface area (Å²) in [4.78, 5) is 4.22. The first-order chi connectivity index (χ1) is 7.88. The van der Waals surface area contributed by atoms with Gasteiger partial charge >= 0.3 is 0 Å². The second-order valence-electron chi connectivity index (χ2n) is 4.43. The number of ether oxygens (including phenoxy) is 1. The molecule has 16 heavy (non-hydrogen) atoms. The Hall–Kier alpha value is -1.09. The molecular formula is C13H20N2O. The molecule has 1 aromatic rings. The molecule has 0 saturated heterocycles. The van der Waals surface area contributed by atoms with Gasteiger partial charge < -0.3 is 10.1 Å². The Balaban J connectivity index is 1.80. The molecule has 0 aliphatic heterocycles. The summed E-state index contributed by atoms with van der Waals surface area (Å²) in [6.45, 7) is 4.96. The molecule has 0 bridgehead atoms. The van der Waals surface area contributed by atoms with Crippen LogP contribution in [0.5, 0.6) is 5.88 Å². The predicted molar refractivity (Wildman–Crippen MR) is 64.5 cm³/mol. The van der Waals surface area contributed by atoms with Crippen LogP contribution in [0.4, 0.5) is 0 Å². The Morgan fingerprint density at radius 3 is 3.12 bits per heavy atom. The van der Waals surface area contributed by atoms with E-state index in [1.165, 1.54) is 18.4 Å². The number of nitrogens with zero attached hydrogens (tertiary/aromatic N) is 1. The van der Waals surface area contributed by atoms with Crippen molar-refractivity contribution in [3.63, 3.8) is 0 Å². The molecule has 88 valence electrons. The normalized spacial score (nSPS) is 15.1. The Morgan fingerprint density at radius 1 is 1.50 bits per heavy atom. The molecule has 2 rings (SSSR count). The Bertz CT molecular complexity index is 323. The van der Waals surface area contributed by atoms with Crippen LogP contribution in [0.2, 0.25) is 0 Å². The minimum Gasteiger partial charge on any atom is -0.477 e. The van der Waals surface area contributed by atoms with E-state index in [2.05, 4.69) is 17.2 Å². The van der Waals surface area contributed by atoms with E-state index in [1.807, 2.05) is 18.3 Å². The second-order valence-corrected chi connectivity index (χ2v) is 4.43. The lowest BCUT2D eigenvalue weighted by atomic mass is 10.2. The highest BCUT2D eigenvalue weighted by Crippen LogP contribution is 2.29. The summed E-state index contributed by atoms with van der Waals surface area (Å²) < 4.78 is 5.64. The standard InChI is InChI=1S/C13H20N2O/c1-2-6-14-9-12-5-7-15-13(8-12)16-10-11-3-4-11/h5,7-8,11,14H,2-4,6,9-10H2,1H3. The third-order valence-corrected chi connectivity index (χ3v) is 2.72. The number of rotatable bonds is 7. The highest BCUT2D eigenvalue weighted by atomic mass is 16.5. The third kappa shape index (κ3) is 3.81. The van der Waals surface area contributed by atoms with E-state index in [1.54, 1.807) is 0 Å². The van der Waals surface area contributed by atoms with Crippen LogP contribution in [0, 0.1) is 5.92 Å². The van der Waals surface area contributed by atoms with Crippen LogP contribution in [-0.4, -0.2) is 18.1 Å². The molecule has 1 aliphatic rings. The average molecular weight is 220 g/mol. The Kier molecular flexibility index (Phi) is 4.17. The van der Waals surface area contributed by atoms with Gasteiger partial charge in [-0.05, 0) is 43.4 Å². The van der Waals surface area contributed by atoms with Crippen molar-refractivity contribution in [3.05, 3.63) is 23.9 Å². The minimum atomic E-state index is 0.766. The van der Waals surface area contributed by atoms with E-state index < -0.39 is 0 Å². The molecule has 0 aromatic carbocycles. The maximum Gasteiger partial charge on any atom is 0.213 e. The Labute approximate surface area is 97.2 Å². The largest absolute Gasteiger partial charge is 0.477 e. The quantitative estimate of drug-likeness (QED) is 0.716. The number of pyridine rings is 1. The first kappa shape index (κ1) is 11.4. The minimum absolute atomic E-state index is 0.766. The van der Waals surface area contributed by atoms with Crippen molar-refractivity contribution in [3.8, 4) is 5.88 Å².